The van der Waals surface area contributed by atoms with Gasteiger partial charge in [0.1, 0.15) is 16.7 Å². The van der Waals surface area contributed by atoms with Crippen molar-refractivity contribution in [2.24, 2.45) is 0 Å². The first-order chi connectivity index (χ1) is 25.3. The Hall–Kier alpha value is -5.39. The van der Waals surface area contributed by atoms with E-state index >= 15 is 0 Å². The molecule has 12 heteroatoms. The molecule has 0 saturated carbocycles. The number of benzene rings is 5. The van der Waals surface area contributed by atoms with Crippen LogP contribution in [-0.2, 0) is 9.59 Å². The molecule has 1 unspecified atom stereocenters. The summed E-state index contributed by atoms with van der Waals surface area (Å²) in [6.07, 6.45) is 1.47. The van der Waals surface area contributed by atoms with E-state index in [1.807, 2.05) is 66.0 Å². The summed E-state index contributed by atoms with van der Waals surface area (Å²) < 4.78 is 5.25. The van der Waals surface area contributed by atoms with Crippen molar-refractivity contribution < 1.29 is 19.1 Å². The number of carbonyl (C=O) groups excluding carboxylic acids is 3. The number of methoxy groups -OCH3 is 1. The van der Waals surface area contributed by atoms with Gasteiger partial charge in [-0.2, -0.15) is 0 Å². The highest BCUT2D eigenvalue weighted by atomic mass is 35.5. The minimum atomic E-state index is -0.647. The molecule has 0 saturated heterocycles. The molecule has 1 atom stereocenters. The highest BCUT2D eigenvalue weighted by Gasteiger charge is 2.24. The Morgan fingerprint density at radius 3 is 2.27 bits per heavy atom. The Balaban J connectivity index is 1.21. The standard InChI is InChI=1S/C40H30Cl2N4O4S2/c1-50-30-20-18-25(19-21-30)34-24-51-40(45-34)46-39(49)36(26-10-4-2-5-11-26)52-31-16-9-15-29(23-31)43-38(48)33(22-28-14-8-17-32(41)35(28)42)44-37(47)27-12-6-3-7-13-27/h2-24,36H,1H3,(H,43,48)(H,44,47)(H,45,46,49)/b33-22+. The van der Waals surface area contributed by atoms with E-state index in [9.17, 15) is 14.4 Å². The summed E-state index contributed by atoms with van der Waals surface area (Å²) in [5.41, 5.74) is 3.65. The van der Waals surface area contributed by atoms with Crippen molar-refractivity contribution >= 4 is 80.9 Å². The third-order valence-corrected chi connectivity index (χ3v) is 10.5. The van der Waals surface area contributed by atoms with Crippen molar-refractivity contribution in [3.8, 4) is 17.0 Å². The Labute approximate surface area is 318 Å². The van der Waals surface area contributed by atoms with Gasteiger partial charge in [-0.3, -0.25) is 14.4 Å². The van der Waals surface area contributed by atoms with E-state index in [-0.39, 0.29) is 16.6 Å². The van der Waals surface area contributed by atoms with Crippen LogP contribution in [0, 0.1) is 0 Å². The molecule has 260 valence electrons. The monoisotopic (exact) mass is 764 g/mol. The maximum absolute atomic E-state index is 13.8. The number of nitrogens with one attached hydrogen (secondary N) is 3. The van der Waals surface area contributed by atoms with Gasteiger partial charge in [-0.25, -0.2) is 4.98 Å². The van der Waals surface area contributed by atoms with Crippen molar-refractivity contribution in [3.63, 3.8) is 0 Å². The Morgan fingerprint density at radius 2 is 1.54 bits per heavy atom. The Kier molecular flexibility index (Phi) is 12.1. The minimum Gasteiger partial charge on any atom is -0.497 e. The molecule has 1 heterocycles. The summed E-state index contributed by atoms with van der Waals surface area (Å²) in [6, 6.07) is 37.6. The third kappa shape index (κ3) is 9.28. The molecular weight excluding hydrogens is 736 g/mol. The number of aromatic nitrogens is 1. The first kappa shape index (κ1) is 36.4. The summed E-state index contributed by atoms with van der Waals surface area (Å²) >= 11 is 15.3. The van der Waals surface area contributed by atoms with Crippen LogP contribution >= 0.6 is 46.3 Å². The van der Waals surface area contributed by atoms with Crippen LogP contribution in [0.3, 0.4) is 0 Å². The summed E-state index contributed by atoms with van der Waals surface area (Å²) in [4.78, 5) is 46.0. The topological polar surface area (TPSA) is 109 Å². The van der Waals surface area contributed by atoms with Gasteiger partial charge in [0.25, 0.3) is 11.8 Å². The van der Waals surface area contributed by atoms with Gasteiger partial charge in [0.15, 0.2) is 5.13 Å². The molecule has 52 heavy (non-hydrogen) atoms. The summed E-state index contributed by atoms with van der Waals surface area (Å²) in [5.74, 6) is -0.574. The van der Waals surface area contributed by atoms with Gasteiger partial charge in [-0.05, 0) is 77.9 Å². The number of hydrogen-bond acceptors (Lipinski definition) is 7. The molecule has 0 radical (unpaired) electrons. The Morgan fingerprint density at radius 1 is 0.827 bits per heavy atom. The number of thiazole rings is 1. The molecule has 0 aliphatic rings. The number of ether oxygens (including phenoxy) is 1. The predicted octanol–water partition coefficient (Wildman–Crippen LogP) is 10.0. The zero-order valence-corrected chi connectivity index (χ0v) is 30.7. The van der Waals surface area contributed by atoms with E-state index in [2.05, 4.69) is 20.9 Å². The normalized spacial score (nSPS) is 11.7. The number of amides is 3. The molecule has 0 aliphatic heterocycles. The predicted molar refractivity (Wildman–Crippen MR) is 211 cm³/mol. The molecule has 8 nitrogen and oxygen atoms in total. The smallest absolute Gasteiger partial charge is 0.272 e. The molecule has 1 aromatic heterocycles. The first-order valence-corrected chi connectivity index (χ1v) is 18.3. The van der Waals surface area contributed by atoms with Crippen LogP contribution < -0.4 is 20.7 Å². The van der Waals surface area contributed by atoms with Crippen LogP contribution in [-0.4, -0.2) is 29.8 Å². The zero-order chi connectivity index (χ0) is 36.5. The number of anilines is 2. The molecular formula is C40H30Cl2N4O4S2. The van der Waals surface area contributed by atoms with Crippen LogP contribution in [0.2, 0.25) is 10.0 Å². The molecule has 6 aromatic rings. The third-order valence-electron chi connectivity index (χ3n) is 7.62. The highest BCUT2D eigenvalue weighted by Crippen LogP contribution is 2.38. The van der Waals surface area contributed by atoms with Crippen LogP contribution in [0.25, 0.3) is 17.3 Å². The second-order valence-electron chi connectivity index (χ2n) is 11.2. The average molecular weight is 766 g/mol. The largest absolute Gasteiger partial charge is 0.497 e. The van der Waals surface area contributed by atoms with Crippen LogP contribution in [0.15, 0.2) is 143 Å². The second-order valence-corrected chi connectivity index (χ2v) is 14.0. The maximum Gasteiger partial charge on any atom is 0.272 e. The fourth-order valence-electron chi connectivity index (χ4n) is 5.01. The summed E-state index contributed by atoms with van der Waals surface area (Å²) in [7, 11) is 1.61. The molecule has 0 fully saturated rings. The SMILES string of the molecule is COc1ccc(-c2csc(NC(=O)C(Sc3cccc(NC(=O)/C(=C\c4cccc(Cl)c4Cl)NC(=O)c4ccccc4)c3)c3ccccc3)n2)cc1. The van der Waals surface area contributed by atoms with E-state index in [4.69, 9.17) is 27.9 Å². The van der Waals surface area contributed by atoms with Crippen LogP contribution in [0.1, 0.15) is 26.7 Å². The van der Waals surface area contributed by atoms with Crippen molar-refractivity contribution in [1.82, 2.24) is 10.3 Å². The van der Waals surface area contributed by atoms with Crippen LogP contribution in [0.5, 0.6) is 5.75 Å². The van der Waals surface area contributed by atoms with Gasteiger partial charge in [-0.1, -0.05) is 89.9 Å². The second kappa shape index (κ2) is 17.2. The lowest BCUT2D eigenvalue weighted by atomic mass is 10.1. The quantitative estimate of drug-likeness (QED) is 0.0846. The van der Waals surface area contributed by atoms with Gasteiger partial charge in [-0.15, -0.1) is 23.1 Å². The Bertz CT molecular complexity index is 2230. The molecule has 3 N–H and O–H groups in total. The molecule has 0 bridgehead atoms. The van der Waals surface area contributed by atoms with Gasteiger partial charge >= 0.3 is 0 Å². The zero-order valence-electron chi connectivity index (χ0n) is 27.5. The van der Waals surface area contributed by atoms with Gasteiger partial charge < -0.3 is 20.7 Å². The van der Waals surface area contributed by atoms with E-state index in [0.717, 1.165) is 27.5 Å². The number of halogens is 2. The molecule has 0 aliphatic carbocycles. The van der Waals surface area contributed by atoms with Gasteiger partial charge in [0.05, 0.1) is 22.8 Å². The van der Waals surface area contributed by atoms with Gasteiger partial charge in [0, 0.05) is 27.1 Å². The van der Waals surface area contributed by atoms with Crippen molar-refractivity contribution in [1.29, 1.82) is 0 Å². The van der Waals surface area contributed by atoms with E-state index in [1.165, 1.54) is 29.2 Å². The lowest BCUT2D eigenvalue weighted by Crippen LogP contribution is -2.30. The lowest BCUT2D eigenvalue weighted by molar-refractivity contribution is -0.116. The minimum absolute atomic E-state index is 0.0462. The highest BCUT2D eigenvalue weighted by molar-refractivity contribution is 8.00. The van der Waals surface area contributed by atoms with E-state index in [0.29, 0.717) is 27.0 Å². The van der Waals surface area contributed by atoms with Gasteiger partial charge in [0.2, 0.25) is 5.91 Å². The molecule has 3 amide bonds. The fraction of sp³-hybridized carbons (Fsp3) is 0.0500. The number of rotatable bonds is 12. The summed E-state index contributed by atoms with van der Waals surface area (Å²) in [5, 5.41) is 10.8. The summed E-state index contributed by atoms with van der Waals surface area (Å²) in [6.45, 7) is 0. The fourth-order valence-corrected chi connectivity index (χ4v) is 7.18. The van der Waals surface area contributed by atoms with E-state index < -0.39 is 17.1 Å². The lowest BCUT2D eigenvalue weighted by Gasteiger charge is -2.17. The number of thioether (sulfide) groups is 1. The molecule has 0 spiro atoms. The maximum atomic E-state index is 13.8. The van der Waals surface area contributed by atoms with Crippen molar-refractivity contribution in [2.45, 2.75) is 10.1 Å². The van der Waals surface area contributed by atoms with Crippen molar-refractivity contribution in [2.75, 3.05) is 17.7 Å². The van der Waals surface area contributed by atoms with E-state index in [1.54, 1.807) is 73.8 Å². The molecule has 6 rings (SSSR count). The van der Waals surface area contributed by atoms with Crippen molar-refractivity contribution in [3.05, 3.63) is 165 Å². The molecule has 5 aromatic carbocycles. The average Bonchev–Trinajstić information content (AvgIpc) is 3.64. The van der Waals surface area contributed by atoms with Crippen LogP contribution in [0.4, 0.5) is 10.8 Å². The number of hydrogen-bond donors (Lipinski definition) is 3. The number of carbonyl (C=O) groups is 3. The number of nitrogens with zero attached hydrogens (tertiary/aromatic N) is 1. The first-order valence-electron chi connectivity index (χ1n) is 15.8.